The molecule has 0 radical (unpaired) electrons. The lowest BCUT2D eigenvalue weighted by atomic mass is 9.88. The molecule has 0 aromatic rings. The molecule has 3 heteroatoms. The van der Waals surface area contributed by atoms with Gasteiger partial charge in [0.15, 0.2) is 0 Å². The van der Waals surface area contributed by atoms with Crippen molar-refractivity contribution in [3.8, 4) is 0 Å². The molecular formula is C15H28N2O. The SMILES string of the molecule is CC(C1CNCCO1)N(C)CC1CC2CCC1C2. The van der Waals surface area contributed by atoms with Gasteiger partial charge in [-0.15, -0.1) is 0 Å². The summed E-state index contributed by atoms with van der Waals surface area (Å²) in [5, 5.41) is 3.44. The second-order valence-corrected chi connectivity index (χ2v) is 6.73. The van der Waals surface area contributed by atoms with Crippen molar-refractivity contribution in [2.24, 2.45) is 17.8 Å². The Morgan fingerprint density at radius 1 is 1.33 bits per heavy atom. The molecule has 1 N–H and O–H groups in total. The molecule has 2 bridgehead atoms. The third kappa shape index (κ3) is 2.59. The number of ether oxygens (including phenoxy) is 1. The molecule has 18 heavy (non-hydrogen) atoms. The lowest BCUT2D eigenvalue weighted by Gasteiger charge is -2.37. The average molecular weight is 252 g/mol. The highest BCUT2D eigenvalue weighted by Gasteiger charge is 2.40. The minimum atomic E-state index is 0.377. The monoisotopic (exact) mass is 252 g/mol. The predicted molar refractivity (Wildman–Crippen MR) is 73.6 cm³/mol. The lowest BCUT2D eigenvalue weighted by Crippen LogP contribution is -2.51. The third-order valence-corrected chi connectivity index (χ3v) is 5.60. The highest BCUT2D eigenvalue weighted by Crippen LogP contribution is 2.48. The van der Waals surface area contributed by atoms with E-state index in [0.29, 0.717) is 12.1 Å². The van der Waals surface area contributed by atoms with Crippen molar-refractivity contribution >= 4 is 0 Å². The number of likely N-dealkylation sites (N-methyl/N-ethyl adjacent to an activating group) is 1. The van der Waals surface area contributed by atoms with Crippen molar-refractivity contribution in [1.82, 2.24) is 10.2 Å². The van der Waals surface area contributed by atoms with Gasteiger partial charge in [-0.2, -0.15) is 0 Å². The van der Waals surface area contributed by atoms with Gasteiger partial charge >= 0.3 is 0 Å². The Bertz CT molecular complexity index is 278. The summed E-state index contributed by atoms with van der Waals surface area (Å²) in [6.45, 7) is 6.51. The van der Waals surface area contributed by atoms with Crippen LogP contribution in [0.15, 0.2) is 0 Å². The molecule has 1 saturated heterocycles. The molecular weight excluding hydrogens is 224 g/mol. The first kappa shape index (κ1) is 12.9. The molecule has 5 unspecified atom stereocenters. The molecule has 2 saturated carbocycles. The van der Waals surface area contributed by atoms with E-state index < -0.39 is 0 Å². The molecule has 0 amide bonds. The summed E-state index contributed by atoms with van der Waals surface area (Å²) >= 11 is 0. The van der Waals surface area contributed by atoms with E-state index in [-0.39, 0.29) is 0 Å². The standard InChI is InChI=1S/C15H28N2O/c1-11(15-9-16-5-6-18-15)17(2)10-14-8-12-3-4-13(14)7-12/h11-16H,3-10H2,1-2H3. The Morgan fingerprint density at radius 3 is 2.83 bits per heavy atom. The molecule has 3 fully saturated rings. The Balaban J connectivity index is 1.49. The molecule has 0 aromatic heterocycles. The largest absolute Gasteiger partial charge is 0.374 e. The Labute approximate surface area is 111 Å². The smallest absolute Gasteiger partial charge is 0.0852 e. The van der Waals surface area contributed by atoms with Gasteiger partial charge in [0.2, 0.25) is 0 Å². The van der Waals surface area contributed by atoms with Crippen LogP contribution in [-0.4, -0.2) is 50.3 Å². The molecule has 104 valence electrons. The number of rotatable bonds is 4. The molecule has 0 spiro atoms. The summed E-state index contributed by atoms with van der Waals surface area (Å²) < 4.78 is 5.88. The molecule has 1 aliphatic heterocycles. The third-order valence-electron chi connectivity index (χ3n) is 5.60. The Morgan fingerprint density at radius 2 is 2.22 bits per heavy atom. The van der Waals surface area contributed by atoms with Gasteiger partial charge in [-0.05, 0) is 51.0 Å². The zero-order chi connectivity index (χ0) is 12.5. The van der Waals surface area contributed by atoms with Crippen molar-refractivity contribution in [3.05, 3.63) is 0 Å². The van der Waals surface area contributed by atoms with Crippen LogP contribution in [0.2, 0.25) is 0 Å². The summed E-state index contributed by atoms with van der Waals surface area (Å²) in [7, 11) is 2.29. The van der Waals surface area contributed by atoms with Crippen LogP contribution in [0, 0.1) is 17.8 Å². The van der Waals surface area contributed by atoms with E-state index in [2.05, 4.69) is 24.2 Å². The number of nitrogens with zero attached hydrogens (tertiary/aromatic N) is 1. The molecule has 5 atom stereocenters. The van der Waals surface area contributed by atoms with E-state index in [1.54, 1.807) is 0 Å². The summed E-state index contributed by atoms with van der Waals surface area (Å²) in [5.74, 6) is 3.07. The van der Waals surface area contributed by atoms with E-state index in [1.807, 2.05) is 0 Å². The van der Waals surface area contributed by atoms with Gasteiger partial charge in [0.05, 0.1) is 12.7 Å². The quantitative estimate of drug-likeness (QED) is 0.825. The van der Waals surface area contributed by atoms with Crippen LogP contribution < -0.4 is 5.32 Å². The number of hydrogen-bond donors (Lipinski definition) is 1. The van der Waals surface area contributed by atoms with Gasteiger partial charge in [-0.25, -0.2) is 0 Å². The van der Waals surface area contributed by atoms with Crippen molar-refractivity contribution in [2.75, 3.05) is 33.3 Å². The average Bonchev–Trinajstić information content (AvgIpc) is 3.01. The fourth-order valence-corrected chi connectivity index (χ4v) is 4.32. The van der Waals surface area contributed by atoms with E-state index >= 15 is 0 Å². The second-order valence-electron chi connectivity index (χ2n) is 6.73. The normalized spacial score (nSPS) is 41.5. The highest BCUT2D eigenvalue weighted by atomic mass is 16.5. The minimum absolute atomic E-state index is 0.377. The summed E-state index contributed by atoms with van der Waals surface area (Å²) in [6, 6.07) is 0.539. The van der Waals surface area contributed by atoms with Crippen molar-refractivity contribution in [3.63, 3.8) is 0 Å². The van der Waals surface area contributed by atoms with Crippen molar-refractivity contribution in [1.29, 1.82) is 0 Å². The first-order valence-electron chi connectivity index (χ1n) is 7.76. The second kappa shape index (κ2) is 5.48. The van der Waals surface area contributed by atoms with Crippen LogP contribution in [0.3, 0.4) is 0 Å². The van der Waals surface area contributed by atoms with Crippen LogP contribution in [0.1, 0.15) is 32.6 Å². The van der Waals surface area contributed by atoms with E-state index in [1.165, 1.54) is 32.2 Å². The summed E-state index contributed by atoms with van der Waals surface area (Å²) in [4.78, 5) is 2.54. The van der Waals surface area contributed by atoms with Crippen LogP contribution in [0.4, 0.5) is 0 Å². The molecule has 3 rings (SSSR count). The van der Waals surface area contributed by atoms with Crippen molar-refractivity contribution < 1.29 is 4.74 Å². The molecule has 1 heterocycles. The van der Waals surface area contributed by atoms with Crippen LogP contribution in [0.25, 0.3) is 0 Å². The molecule has 0 aromatic carbocycles. The fraction of sp³-hybridized carbons (Fsp3) is 1.00. The van der Waals surface area contributed by atoms with Crippen LogP contribution in [-0.2, 0) is 4.74 Å². The number of fused-ring (bicyclic) bond motifs is 2. The van der Waals surface area contributed by atoms with Crippen molar-refractivity contribution in [2.45, 2.75) is 44.8 Å². The van der Waals surface area contributed by atoms with Gasteiger partial charge in [-0.1, -0.05) is 6.42 Å². The van der Waals surface area contributed by atoms with Gasteiger partial charge in [0, 0.05) is 25.7 Å². The Hall–Kier alpha value is -0.120. The number of nitrogens with one attached hydrogen (secondary N) is 1. The predicted octanol–water partition coefficient (Wildman–Crippen LogP) is 1.73. The zero-order valence-electron chi connectivity index (χ0n) is 11.9. The van der Waals surface area contributed by atoms with E-state index in [0.717, 1.165) is 37.5 Å². The first-order valence-corrected chi connectivity index (χ1v) is 7.76. The number of hydrogen-bond acceptors (Lipinski definition) is 3. The molecule has 3 aliphatic rings. The maximum atomic E-state index is 5.88. The molecule has 2 aliphatic carbocycles. The van der Waals surface area contributed by atoms with Gasteiger partial charge < -0.3 is 15.0 Å². The number of morpholine rings is 1. The maximum absolute atomic E-state index is 5.88. The summed E-state index contributed by atoms with van der Waals surface area (Å²) in [6.07, 6.45) is 6.40. The maximum Gasteiger partial charge on any atom is 0.0852 e. The highest BCUT2D eigenvalue weighted by molar-refractivity contribution is 4.92. The lowest BCUT2D eigenvalue weighted by molar-refractivity contribution is -0.0244. The fourth-order valence-electron chi connectivity index (χ4n) is 4.32. The Kier molecular flexibility index (Phi) is 3.92. The van der Waals surface area contributed by atoms with Gasteiger partial charge in [0.25, 0.3) is 0 Å². The van der Waals surface area contributed by atoms with E-state index in [4.69, 9.17) is 4.74 Å². The summed E-state index contributed by atoms with van der Waals surface area (Å²) in [5.41, 5.74) is 0. The zero-order valence-corrected chi connectivity index (χ0v) is 11.9. The molecule has 3 nitrogen and oxygen atoms in total. The van der Waals surface area contributed by atoms with Gasteiger partial charge in [-0.3, -0.25) is 0 Å². The van der Waals surface area contributed by atoms with Crippen LogP contribution in [0.5, 0.6) is 0 Å². The minimum Gasteiger partial charge on any atom is -0.374 e. The first-order chi connectivity index (χ1) is 8.74. The van der Waals surface area contributed by atoms with Gasteiger partial charge in [0.1, 0.15) is 0 Å². The topological polar surface area (TPSA) is 24.5 Å². The van der Waals surface area contributed by atoms with E-state index in [9.17, 15) is 0 Å². The van der Waals surface area contributed by atoms with Crippen LogP contribution >= 0.6 is 0 Å².